The molecule has 0 radical (unpaired) electrons. The van der Waals surface area contributed by atoms with E-state index in [2.05, 4.69) is 15.0 Å². The molecule has 2 aromatic heterocycles. The quantitative estimate of drug-likeness (QED) is 0.872. The van der Waals surface area contributed by atoms with Crippen molar-refractivity contribution in [3.05, 3.63) is 35.3 Å². The highest BCUT2D eigenvalue weighted by Crippen LogP contribution is 2.32. The maximum atomic E-state index is 12.6. The van der Waals surface area contributed by atoms with Crippen LogP contribution in [0.15, 0.2) is 18.3 Å². The number of aryl methyl sites for hydroxylation is 1. The first-order chi connectivity index (χ1) is 12.0. The Balaban J connectivity index is 1.76. The maximum Gasteiger partial charge on any atom is 0.325 e. The van der Waals surface area contributed by atoms with Crippen LogP contribution in [0.25, 0.3) is 0 Å². The summed E-state index contributed by atoms with van der Waals surface area (Å²) in [7, 11) is 0. The van der Waals surface area contributed by atoms with Crippen molar-refractivity contribution in [2.45, 2.75) is 58.5 Å². The van der Waals surface area contributed by atoms with Gasteiger partial charge >= 0.3 is 5.97 Å². The van der Waals surface area contributed by atoms with Gasteiger partial charge in [-0.1, -0.05) is 19.3 Å². The maximum absolute atomic E-state index is 12.6. The molecule has 2 aromatic rings. The second kappa shape index (κ2) is 7.13. The van der Waals surface area contributed by atoms with Gasteiger partial charge in [0.05, 0.1) is 5.56 Å². The van der Waals surface area contributed by atoms with E-state index in [0.29, 0.717) is 17.4 Å². The largest absolute Gasteiger partial charge is 0.480 e. The van der Waals surface area contributed by atoms with Crippen LogP contribution in [0.1, 0.15) is 59.9 Å². The number of amides is 1. The Bertz CT molecular complexity index is 784. The molecule has 25 heavy (non-hydrogen) atoms. The standard InChI is InChI=1S/C18H24N4O3/c1-12-10-15(13(2)22(12)14-6-4-3-5-7-14)18(25)19-16-8-9-21(20-16)11-17(23)24/h8-10,14H,3-7,11H2,1-2H3,(H,23,24)(H,19,20,25). The molecule has 0 atom stereocenters. The molecule has 3 rings (SSSR count). The lowest BCUT2D eigenvalue weighted by molar-refractivity contribution is -0.137. The highest BCUT2D eigenvalue weighted by Gasteiger charge is 2.23. The van der Waals surface area contributed by atoms with Crippen LogP contribution in [0.2, 0.25) is 0 Å². The van der Waals surface area contributed by atoms with Crippen LogP contribution in [0.4, 0.5) is 5.82 Å². The molecular weight excluding hydrogens is 320 g/mol. The van der Waals surface area contributed by atoms with E-state index in [-0.39, 0.29) is 12.5 Å². The van der Waals surface area contributed by atoms with E-state index in [9.17, 15) is 9.59 Å². The number of nitrogens with one attached hydrogen (secondary N) is 1. The monoisotopic (exact) mass is 344 g/mol. The molecule has 1 aliphatic carbocycles. The Hall–Kier alpha value is -2.57. The summed E-state index contributed by atoms with van der Waals surface area (Å²) >= 11 is 0. The van der Waals surface area contributed by atoms with E-state index < -0.39 is 5.97 Å². The Morgan fingerprint density at radius 2 is 2.00 bits per heavy atom. The number of carbonyl (C=O) groups excluding carboxylic acids is 1. The molecule has 0 saturated heterocycles. The van der Waals surface area contributed by atoms with Gasteiger partial charge < -0.3 is 15.0 Å². The zero-order valence-corrected chi connectivity index (χ0v) is 14.7. The molecular formula is C18H24N4O3. The predicted molar refractivity (Wildman–Crippen MR) is 93.8 cm³/mol. The van der Waals surface area contributed by atoms with E-state index in [1.165, 1.54) is 30.1 Å². The summed E-state index contributed by atoms with van der Waals surface area (Å²) in [6, 6.07) is 4.00. The lowest BCUT2D eigenvalue weighted by Gasteiger charge is -2.26. The van der Waals surface area contributed by atoms with E-state index in [4.69, 9.17) is 5.11 Å². The third-order valence-electron chi connectivity index (χ3n) is 4.85. The predicted octanol–water partition coefficient (Wildman–Crippen LogP) is 3.14. The molecule has 1 fully saturated rings. The summed E-state index contributed by atoms with van der Waals surface area (Å²) in [5, 5.41) is 15.6. The van der Waals surface area contributed by atoms with Crippen LogP contribution in [-0.2, 0) is 11.3 Å². The summed E-state index contributed by atoms with van der Waals surface area (Å²) < 4.78 is 3.57. The van der Waals surface area contributed by atoms with E-state index in [1.54, 1.807) is 6.07 Å². The Morgan fingerprint density at radius 1 is 1.28 bits per heavy atom. The van der Waals surface area contributed by atoms with Crippen molar-refractivity contribution in [1.82, 2.24) is 14.3 Å². The van der Waals surface area contributed by atoms with Gasteiger partial charge in [0, 0.05) is 29.7 Å². The van der Waals surface area contributed by atoms with Gasteiger partial charge in [-0.25, -0.2) is 0 Å². The summed E-state index contributed by atoms with van der Waals surface area (Å²) in [4.78, 5) is 23.3. The van der Waals surface area contributed by atoms with Crippen molar-refractivity contribution in [3.8, 4) is 0 Å². The number of hydrogen-bond donors (Lipinski definition) is 2. The molecule has 1 saturated carbocycles. The van der Waals surface area contributed by atoms with Crippen molar-refractivity contribution < 1.29 is 14.7 Å². The van der Waals surface area contributed by atoms with Gasteiger partial charge in [-0.3, -0.25) is 14.3 Å². The number of nitrogens with zero attached hydrogens (tertiary/aromatic N) is 3. The number of carbonyl (C=O) groups is 2. The van der Waals surface area contributed by atoms with Crippen LogP contribution < -0.4 is 5.32 Å². The molecule has 134 valence electrons. The normalized spacial score (nSPS) is 15.3. The molecule has 7 heteroatoms. The third kappa shape index (κ3) is 3.75. The average Bonchev–Trinajstić information content (AvgIpc) is 3.11. The van der Waals surface area contributed by atoms with Crippen LogP contribution in [0, 0.1) is 13.8 Å². The molecule has 0 spiro atoms. The first-order valence-corrected chi connectivity index (χ1v) is 8.70. The van der Waals surface area contributed by atoms with Gasteiger partial charge in [0.15, 0.2) is 5.82 Å². The molecule has 0 unspecified atom stereocenters. The van der Waals surface area contributed by atoms with Crippen molar-refractivity contribution >= 4 is 17.7 Å². The first kappa shape index (κ1) is 17.3. The number of carboxylic acids is 1. The van der Waals surface area contributed by atoms with Gasteiger partial charge in [-0.15, -0.1) is 0 Å². The minimum atomic E-state index is -0.975. The van der Waals surface area contributed by atoms with Crippen molar-refractivity contribution in [1.29, 1.82) is 0 Å². The van der Waals surface area contributed by atoms with Gasteiger partial charge in [-0.2, -0.15) is 5.10 Å². The van der Waals surface area contributed by atoms with E-state index in [1.807, 2.05) is 19.9 Å². The lowest BCUT2D eigenvalue weighted by Crippen LogP contribution is -2.17. The van der Waals surface area contributed by atoms with Crippen LogP contribution in [0.3, 0.4) is 0 Å². The van der Waals surface area contributed by atoms with Gasteiger partial charge in [0.1, 0.15) is 6.54 Å². The fraction of sp³-hybridized carbons (Fsp3) is 0.500. The molecule has 0 aliphatic heterocycles. The number of aliphatic carboxylic acids is 1. The Labute approximate surface area is 146 Å². The molecule has 0 bridgehead atoms. The van der Waals surface area contributed by atoms with Gasteiger partial charge in [0.2, 0.25) is 0 Å². The van der Waals surface area contributed by atoms with Crippen molar-refractivity contribution in [2.75, 3.05) is 5.32 Å². The molecule has 0 aromatic carbocycles. The fourth-order valence-corrected chi connectivity index (χ4v) is 3.75. The molecule has 1 amide bonds. The van der Waals surface area contributed by atoms with Crippen LogP contribution >= 0.6 is 0 Å². The van der Waals surface area contributed by atoms with Crippen LogP contribution in [-0.4, -0.2) is 31.3 Å². The number of anilines is 1. The molecule has 1 aliphatic rings. The highest BCUT2D eigenvalue weighted by molar-refractivity contribution is 6.04. The minimum Gasteiger partial charge on any atom is -0.480 e. The second-order valence-electron chi connectivity index (χ2n) is 6.69. The van der Waals surface area contributed by atoms with Crippen LogP contribution in [0.5, 0.6) is 0 Å². The van der Waals surface area contributed by atoms with Crippen molar-refractivity contribution in [3.63, 3.8) is 0 Å². The van der Waals surface area contributed by atoms with Gasteiger partial charge in [-0.05, 0) is 32.8 Å². The summed E-state index contributed by atoms with van der Waals surface area (Å²) in [5.41, 5.74) is 2.73. The molecule has 2 heterocycles. The Morgan fingerprint density at radius 3 is 2.68 bits per heavy atom. The summed E-state index contributed by atoms with van der Waals surface area (Å²) in [5.74, 6) is -0.832. The number of carboxylic acid groups (broad SMARTS) is 1. The topological polar surface area (TPSA) is 89.2 Å². The number of hydrogen-bond acceptors (Lipinski definition) is 3. The minimum absolute atomic E-state index is 0.212. The first-order valence-electron chi connectivity index (χ1n) is 8.70. The SMILES string of the molecule is Cc1cc(C(=O)Nc2ccn(CC(=O)O)n2)c(C)n1C1CCCCC1. The summed E-state index contributed by atoms with van der Waals surface area (Å²) in [6.07, 6.45) is 7.64. The fourth-order valence-electron chi connectivity index (χ4n) is 3.75. The zero-order chi connectivity index (χ0) is 18.0. The third-order valence-corrected chi connectivity index (χ3v) is 4.85. The summed E-state index contributed by atoms with van der Waals surface area (Å²) in [6.45, 7) is 3.80. The number of aromatic nitrogens is 3. The number of rotatable bonds is 5. The van der Waals surface area contributed by atoms with Gasteiger partial charge in [0.25, 0.3) is 5.91 Å². The lowest BCUT2D eigenvalue weighted by atomic mass is 9.95. The van der Waals surface area contributed by atoms with E-state index >= 15 is 0 Å². The Kier molecular flexibility index (Phi) is 4.92. The van der Waals surface area contributed by atoms with E-state index in [0.717, 1.165) is 24.2 Å². The van der Waals surface area contributed by atoms with Crippen molar-refractivity contribution in [2.24, 2.45) is 0 Å². The second-order valence-corrected chi connectivity index (χ2v) is 6.69. The zero-order valence-electron chi connectivity index (χ0n) is 14.7. The smallest absolute Gasteiger partial charge is 0.325 e. The average molecular weight is 344 g/mol. The highest BCUT2D eigenvalue weighted by atomic mass is 16.4. The molecule has 2 N–H and O–H groups in total. The molecule has 7 nitrogen and oxygen atoms in total.